The average molecular weight is 402 g/mol. The molecule has 0 saturated carbocycles. The van der Waals surface area contributed by atoms with Crippen LogP contribution in [0, 0.1) is 5.82 Å². The van der Waals surface area contributed by atoms with Gasteiger partial charge in [-0.3, -0.25) is 9.59 Å². The molecular formula is C21H23FN2O5. The molecule has 0 bridgehead atoms. The Hall–Kier alpha value is -3.13. The van der Waals surface area contributed by atoms with Crippen LogP contribution in [0.2, 0.25) is 0 Å². The van der Waals surface area contributed by atoms with E-state index in [1.165, 1.54) is 12.1 Å². The number of amides is 2. The van der Waals surface area contributed by atoms with Crippen molar-refractivity contribution in [3.8, 4) is 11.5 Å². The quantitative estimate of drug-likeness (QED) is 0.683. The number of halogens is 1. The Labute approximate surface area is 168 Å². The second-order valence-electron chi connectivity index (χ2n) is 6.31. The number of nitrogens with one attached hydrogen (secondary N) is 1. The van der Waals surface area contributed by atoms with Crippen LogP contribution in [0.5, 0.6) is 11.5 Å². The third-order valence-electron chi connectivity index (χ3n) is 4.33. The molecule has 1 aliphatic rings. The first-order valence-electron chi connectivity index (χ1n) is 9.38. The highest BCUT2D eigenvalue weighted by Gasteiger charge is 2.19. The van der Waals surface area contributed by atoms with Crippen molar-refractivity contribution in [2.75, 3.05) is 46.1 Å². The van der Waals surface area contributed by atoms with E-state index in [-0.39, 0.29) is 37.3 Å². The van der Waals surface area contributed by atoms with Gasteiger partial charge in [-0.2, -0.15) is 0 Å². The number of nitrogens with zero attached hydrogens (tertiary/aromatic N) is 1. The summed E-state index contributed by atoms with van der Waals surface area (Å²) in [6.45, 7) is 2.25. The van der Waals surface area contributed by atoms with E-state index < -0.39 is 5.82 Å². The molecule has 0 radical (unpaired) electrons. The summed E-state index contributed by atoms with van der Waals surface area (Å²) in [4.78, 5) is 26.4. The second kappa shape index (κ2) is 10.4. The van der Waals surface area contributed by atoms with Crippen LogP contribution in [0.1, 0.15) is 10.4 Å². The van der Waals surface area contributed by atoms with Gasteiger partial charge in [0, 0.05) is 13.1 Å². The lowest BCUT2D eigenvalue weighted by Gasteiger charge is -2.26. The fourth-order valence-corrected chi connectivity index (χ4v) is 2.81. The lowest BCUT2D eigenvalue weighted by atomic mass is 10.2. The third-order valence-corrected chi connectivity index (χ3v) is 4.33. The van der Waals surface area contributed by atoms with Gasteiger partial charge >= 0.3 is 0 Å². The van der Waals surface area contributed by atoms with Gasteiger partial charge in [0.15, 0.2) is 18.2 Å². The number of ether oxygens (including phenoxy) is 3. The zero-order chi connectivity index (χ0) is 20.5. The molecule has 1 aliphatic heterocycles. The first kappa shape index (κ1) is 20.6. The van der Waals surface area contributed by atoms with E-state index in [0.29, 0.717) is 37.6 Å². The molecule has 1 heterocycles. The highest BCUT2D eigenvalue weighted by atomic mass is 19.1. The van der Waals surface area contributed by atoms with E-state index in [0.717, 1.165) is 0 Å². The predicted molar refractivity (Wildman–Crippen MR) is 104 cm³/mol. The standard InChI is InChI=1S/C21H23FN2O5/c22-17-6-2-4-8-19(17)28-12-9-23-21(26)16-5-1-3-7-18(16)29-15-20(25)24-10-13-27-14-11-24/h1-8H,9-15H2,(H,23,26). The fraction of sp³-hybridized carbons (Fsp3) is 0.333. The van der Waals surface area contributed by atoms with E-state index in [2.05, 4.69) is 5.32 Å². The van der Waals surface area contributed by atoms with Crippen molar-refractivity contribution >= 4 is 11.8 Å². The number of carbonyl (C=O) groups is 2. The number of morpholine rings is 1. The minimum atomic E-state index is -0.456. The van der Waals surface area contributed by atoms with Crippen molar-refractivity contribution in [2.24, 2.45) is 0 Å². The van der Waals surface area contributed by atoms with Gasteiger partial charge in [0.25, 0.3) is 11.8 Å². The highest BCUT2D eigenvalue weighted by molar-refractivity contribution is 5.97. The zero-order valence-corrected chi connectivity index (χ0v) is 15.9. The molecule has 7 nitrogen and oxygen atoms in total. The summed E-state index contributed by atoms with van der Waals surface area (Å²) < 4.78 is 29.6. The van der Waals surface area contributed by atoms with E-state index in [9.17, 15) is 14.0 Å². The van der Waals surface area contributed by atoms with Crippen LogP contribution in [0.15, 0.2) is 48.5 Å². The summed E-state index contributed by atoms with van der Waals surface area (Å²) in [6.07, 6.45) is 0. The molecule has 29 heavy (non-hydrogen) atoms. The van der Waals surface area contributed by atoms with Crippen LogP contribution in [0.3, 0.4) is 0 Å². The number of hydrogen-bond acceptors (Lipinski definition) is 5. The van der Waals surface area contributed by atoms with Crippen LogP contribution in [-0.2, 0) is 9.53 Å². The SMILES string of the molecule is O=C(NCCOc1ccccc1F)c1ccccc1OCC(=O)N1CCOCC1. The smallest absolute Gasteiger partial charge is 0.260 e. The van der Waals surface area contributed by atoms with Crippen LogP contribution >= 0.6 is 0 Å². The first-order valence-corrected chi connectivity index (χ1v) is 9.38. The van der Waals surface area contributed by atoms with Gasteiger partial charge in [-0.25, -0.2) is 4.39 Å². The van der Waals surface area contributed by atoms with Crippen molar-refractivity contribution in [3.05, 3.63) is 59.9 Å². The molecule has 0 aromatic heterocycles. The molecule has 0 unspecified atom stereocenters. The molecule has 0 atom stereocenters. The Morgan fingerprint density at radius 3 is 2.45 bits per heavy atom. The van der Waals surface area contributed by atoms with Crippen molar-refractivity contribution < 1.29 is 28.2 Å². The first-order chi connectivity index (χ1) is 14.1. The van der Waals surface area contributed by atoms with Gasteiger partial charge in [-0.05, 0) is 24.3 Å². The molecule has 3 rings (SSSR count). The van der Waals surface area contributed by atoms with Crippen molar-refractivity contribution in [1.29, 1.82) is 0 Å². The molecule has 1 saturated heterocycles. The Balaban J connectivity index is 1.49. The maximum atomic E-state index is 13.5. The summed E-state index contributed by atoms with van der Waals surface area (Å²) in [6, 6.07) is 12.8. The van der Waals surface area contributed by atoms with Crippen molar-refractivity contribution in [3.63, 3.8) is 0 Å². The number of benzene rings is 2. The van der Waals surface area contributed by atoms with Gasteiger partial charge in [-0.1, -0.05) is 24.3 Å². The lowest BCUT2D eigenvalue weighted by Crippen LogP contribution is -2.43. The highest BCUT2D eigenvalue weighted by Crippen LogP contribution is 2.18. The molecular weight excluding hydrogens is 379 g/mol. The summed E-state index contributed by atoms with van der Waals surface area (Å²) in [5, 5.41) is 2.70. The number of hydrogen-bond donors (Lipinski definition) is 1. The monoisotopic (exact) mass is 402 g/mol. The van der Waals surface area contributed by atoms with Gasteiger partial charge < -0.3 is 24.4 Å². The minimum Gasteiger partial charge on any atom is -0.489 e. The number of para-hydroxylation sites is 2. The maximum Gasteiger partial charge on any atom is 0.260 e. The summed E-state index contributed by atoms with van der Waals surface area (Å²) in [7, 11) is 0. The van der Waals surface area contributed by atoms with E-state index >= 15 is 0 Å². The van der Waals surface area contributed by atoms with Crippen LogP contribution < -0.4 is 14.8 Å². The normalized spacial score (nSPS) is 13.6. The van der Waals surface area contributed by atoms with Crippen molar-refractivity contribution in [2.45, 2.75) is 0 Å². The largest absolute Gasteiger partial charge is 0.489 e. The topological polar surface area (TPSA) is 77.1 Å². The Bertz CT molecular complexity index is 839. The average Bonchev–Trinajstić information content (AvgIpc) is 2.77. The molecule has 0 spiro atoms. The molecule has 154 valence electrons. The second-order valence-corrected chi connectivity index (χ2v) is 6.31. The minimum absolute atomic E-state index is 0.116. The zero-order valence-electron chi connectivity index (χ0n) is 15.9. The molecule has 1 fully saturated rings. The van der Waals surface area contributed by atoms with Gasteiger partial charge in [0.1, 0.15) is 12.4 Å². The number of carbonyl (C=O) groups excluding carboxylic acids is 2. The van der Waals surface area contributed by atoms with Crippen molar-refractivity contribution in [1.82, 2.24) is 10.2 Å². The van der Waals surface area contributed by atoms with Gasteiger partial charge in [0.05, 0.1) is 25.3 Å². The van der Waals surface area contributed by atoms with Crippen LogP contribution in [0.25, 0.3) is 0 Å². The molecule has 8 heteroatoms. The van der Waals surface area contributed by atoms with E-state index in [4.69, 9.17) is 14.2 Å². The number of rotatable bonds is 8. The Morgan fingerprint density at radius 2 is 1.69 bits per heavy atom. The lowest BCUT2D eigenvalue weighted by molar-refractivity contribution is -0.137. The third kappa shape index (κ3) is 5.92. The fourth-order valence-electron chi connectivity index (χ4n) is 2.81. The predicted octanol–water partition coefficient (Wildman–Crippen LogP) is 1.87. The van der Waals surface area contributed by atoms with Gasteiger partial charge in [0.2, 0.25) is 0 Å². The molecule has 2 aromatic carbocycles. The van der Waals surface area contributed by atoms with Gasteiger partial charge in [-0.15, -0.1) is 0 Å². The Morgan fingerprint density at radius 1 is 1.00 bits per heavy atom. The van der Waals surface area contributed by atoms with E-state index in [1.807, 2.05) is 0 Å². The van der Waals surface area contributed by atoms with Crippen LogP contribution in [0.4, 0.5) is 4.39 Å². The van der Waals surface area contributed by atoms with Crippen LogP contribution in [-0.4, -0.2) is 62.8 Å². The summed E-state index contributed by atoms with van der Waals surface area (Å²) in [5.41, 5.74) is 0.313. The molecule has 0 aliphatic carbocycles. The molecule has 2 amide bonds. The summed E-state index contributed by atoms with van der Waals surface area (Å²) in [5.74, 6) is -0.519. The van der Waals surface area contributed by atoms with E-state index in [1.54, 1.807) is 41.3 Å². The maximum absolute atomic E-state index is 13.5. The molecule has 1 N–H and O–H groups in total. The summed E-state index contributed by atoms with van der Waals surface area (Å²) >= 11 is 0. The molecule has 2 aromatic rings. The Kier molecular flexibility index (Phi) is 7.40.